The van der Waals surface area contributed by atoms with Crippen molar-refractivity contribution >= 4 is 33.7 Å². The molecule has 9 heteroatoms. The van der Waals surface area contributed by atoms with Gasteiger partial charge in [-0.3, -0.25) is 9.20 Å². The van der Waals surface area contributed by atoms with Crippen LogP contribution in [0, 0.1) is 0 Å². The number of carbonyl (C=O) groups excluding carboxylic acids is 1. The summed E-state index contributed by atoms with van der Waals surface area (Å²) in [4.78, 5) is 16.2. The second kappa shape index (κ2) is 7.57. The summed E-state index contributed by atoms with van der Waals surface area (Å²) in [5, 5.41) is 5.67. The van der Waals surface area contributed by atoms with E-state index in [1.165, 1.54) is 4.40 Å². The van der Waals surface area contributed by atoms with Crippen molar-refractivity contribution in [2.45, 2.75) is 12.1 Å². The van der Waals surface area contributed by atoms with E-state index in [2.05, 4.69) is 15.6 Å². The smallest absolute Gasteiger partial charge is 0.272 e. The average molecular weight is 347 g/mol. The van der Waals surface area contributed by atoms with E-state index in [0.717, 1.165) is 12.8 Å². The third-order valence-electron chi connectivity index (χ3n) is 2.90. The zero-order chi connectivity index (χ0) is 15.5. The van der Waals surface area contributed by atoms with Crippen molar-refractivity contribution in [1.29, 1.82) is 0 Å². The fourth-order valence-electron chi connectivity index (χ4n) is 1.96. The number of carbonyl (C=O) groups is 1. The van der Waals surface area contributed by atoms with Gasteiger partial charge in [-0.2, -0.15) is 0 Å². The van der Waals surface area contributed by atoms with E-state index >= 15 is 0 Å². The predicted molar refractivity (Wildman–Crippen MR) is 86.4 cm³/mol. The molecule has 0 aliphatic heterocycles. The molecule has 7 nitrogen and oxygen atoms in total. The van der Waals surface area contributed by atoms with Gasteiger partial charge >= 0.3 is 0 Å². The number of sulfone groups is 1. The number of nitrogens with one attached hydrogen (secondary N) is 2. The summed E-state index contributed by atoms with van der Waals surface area (Å²) in [6, 6.07) is 5.09. The first-order valence-corrected chi connectivity index (χ1v) is 8.50. The van der Waals surface area contributed by atoms with Gasteiger partial charge in [0.05, 0.1) is 5.52 Å². The van der Waals surface area contributed by atoms with E-state index in [1.54, 1.807) is 24.4 Å². The topological polar surface area (TPSA) is 92.6 Å². The van der Waals surface area contributed by atoms with E-state index < -0.39 is 9.84 Å². The minimum absolute atomic E-state index is 0. The molecule has 0 fully saturated rings. The Morgan fingerprint density at radius 3 is 2.68 bits per heavy atom. The monoisotopic (exact) mass is 346 g/mol. The van der Waals surface area contributed by atoms with Gasteiger partial charge in [0.25, 0.3) is 5.91 Å². The van der Waals surface area contributed by atoms with Gasteiger partial charge in [0.1, 0.15) is 0 Å². The highest BCUT2D eigenvalue weighted by atomic mass is 35.5. The molecule has 2 N–H and O–H groups in total. The first kappa shape index (κ1) is 18.4. The van der Waals surface area contributed by atoms with Crippen LogP contribution in [-0.2, 0) is 9.84 Å². The molecular weight excluding hydrogens is 328 g/mol. The van der Waals surface area contributed by atoms with Crippen molar-refractivity contribution in [2.24, 2.45) is 0 Å². The van der Waals surface area contributed by atoms with E-state index in [9.17, 15) is 13.2 Å². The largest absolute Gasteiger partial charge is 0.349 e. The van der Waals surface area contributed by atoms with Crippen LogP contribution >= 0.6 is 12.4 Å². The Morgan fingerprint density at radius 2 is 2.05 bits per heavy atom. The van der Waals surface area contributed by atoms with Gasteiger partial charge in [-0.05, 0) is 18.7 Å². The van der Waals surface area contributed by atoms with Gasteiger partial charge in [0, 0.05) is 25.5 Å². The average Bonchev–Trinajstić information content (AvgIpc) is 2.83. The molecule has 1 amide bonds. The van der Waals surface area contributed by atoms with E-state index in [-0.39, 0.29) is 29.2 Å². The maximum atomic E-state index is 12.2. The number of pyridine rings is 1. The maximum absolute atomic E-state index is 12.2. The Morgan fingerprint density at radius 1 is 1.32 bits per heavy atom. The normalized spacial score (nSPS) is 11.2. The molecule has 0 saturated carbocycles. The number of nitrogens with zero attached hydrogens (tertiary/aromatic N) is 2. The molecule has 2 heterocycles. The number of halogens is 1. The molecule has 0 aliphatic rings. The molecule has 0 atom stereocenters. The molecule has 0 unspecified atom stereocenters. The number of imidazole rings is 1. The molecule has 0 aromatic carbocycles. The zero-order valence-corrected chi connectivity index (χ0v) is 14.0. The summed E-state index contributed by atoms with van der Waals surface area (Å²) < 4.78 is 24.9. The molecule has 0 spiro atoms. The molecule has 2 aromatic heterocycles. The maximum Gasteiger partial charge on any atom is 0.272 e. The Hall–Kier alpha value is -1.64. The summed E-state index contributed by atoms with van der Waals surface area (Å²) in [5.74, 6) is -0.383. The van der Waals surface area contributed by atoms with Crippen molar-refractivity contribution in [3.63, 3.8) is 0 Å². The van der Waals surface area contributed by atoms with Crippen LogP contribution in [0.4, 0.5) is 0 Å². The third-order valence-corrected chi connectivity index (χ3v) is 3.85. The molecule has 2 aromatic rings. The van der Waals surface area contributed by atoms with Crippen LogP contribution in [-0.4, -0.2) is 49.6 Å². The molecule has 22 heavy (non-hydrogen) atoms. The number of hydrogen-bond donors (Lipinski definition) is 2. The highest BCUT2D eigenvalue weighted by Crippen LogP contribution is 2.16. The Labute approximate surface area is 135 Å². The quantitative estimate of drug-likeness (QED) is 0.743. The van der Waals surface area contributed by atoms with Crippen molar-refractivity contribution in [3.8, 4) is 0 Å². The zero-order valence-electron chi connectivity index (χ0n) is 12.4. The lowest BCUT2D eigenvalue weighted by Crippen LogP contribution is -2.32. The van der Waals surface area contributed by atoms with Crippen LogP contribution in [0.15, 0.2) is 29.6 Å². The van der Waals surface area contributed by atoms with Gasteiger partial charge < -0.3 is 10.6 Å². The second-order valence-corrected chi connectivity index (χ2v) is 6.49. The van der Waals surface area contributed by atoms with Crippen molar-refractivity contribution in [1.82, 2.24) is 20.0 Å². The summed E-state index contributed by atoms with van der Waals surface area (Å²) in [6.07, 6.45) is 2.65. The van der Waals surface area contributed by atoms with Gasteiger partial charge in [-0.1, -0.05) is 13.0 Å². The number of fused-ring (bicyclic) bond motifs is 1. The summed E-state index contributed by atoms with van der Waals surface area (Å²) in [6.45, 7) is 3.89. The van der Waals surface area contributed by atoms with Gasteiger partial charge in [0.15, 0.2) is 5.69 Å². The number of aromatic nitrogens is 2. The molecule has 122 valence electrons. The Bertz CT molecular complexity index is 758. The second-order valence-electron chi connectivity index (χ2n) is 4.58. The van der Waals surface area contributed by atoms with Crippen LogP contribution in [0.3, 0.4) is 0 Å². The van der Waals surface area contributed by atoms with Gasteiger partial charge in [0.2, 0.25) is 15.0 Å². The lowest BCUT2D eigenvalue weighted by atomic mass is 10.3. The van der Waals surface area contributed by atoms with Crippen LogP contribution in [0.2, 0.25) is 0 Å². The van der Waals surface area contributed by atoms with Crippen molar-refractivity contribution < 1.29 is 13.2 Å². The van der Waals surface area contributed by atoms with E-state index in [0.29, 0.717) is 18.6 Å². The highest BCUT2D eigenvalue weighted by molar-refractivity contribution is 7.90. The molecule has 0 radical (unpaired) electrons. The van der Waals surface area contributed by atoms with E-state index in [1.807, 2.05) is 6.92 Å². The van der Waals surface area contributed by atoms with Crippen LogP contribution < -0.4 is 10.6 Å². The minimum Gasteiger partial charge on any atom is -0.349 e. The first-order chi connectivity index (χ1) is 9.95. The highest BCUT2D eigenvalue weighted by Gasteiger charge is 2.22. The summed E-state index contributed by atoms with van der Waals surface area (Å²) in [5.41, 5.74) is 0.589. The van der Waals surface area contributed by atoms with Gasteiger partial charge in [-0.25, -0.2) is 13.4 Å². The summed E-state index contributed by atoms with van der Waals surface area (Å²) >= 11 is 0. The molecule has 2 rings (SSSR count). The van der Waals surface area contributed by atoms with Crippen molar-refractivity contribution in [2.75, 3.05) is 25.9 Å². The van der Waals surface area contributed by atoms with Crippen LogP contribution in [0.5, 0.6) is 0 Å². The first-order valence-electron chi connectivity index (χ1n) is 6.61. The van der Waals surface area contributed by atoms with Crippen LogP contribution in [0.1, 0.15) is 17.4 Å². The fraction of sp³-hybridized carbons (Fsp3) is 0.385. The third kappa shape index (κ3) is 3.96. The van der Waals surface area contributed by atoms with Crippen molar-refractivity contribution in [3.05, 3.63) is 30.1 Å². The lowest BCUT2D eigenvalue weighted by molar-refractivity contribution is 0.0951. The lowest BCUT2D eigenvalue weighted by Gasteiger charge is -2.03. The SMILES string of the molecule is CCNCCNC(=O)c1nc(S(C)(=O)=O)n2ccccc12.Cl. The standard InChI is InChI=1S/C13H18N4O3S.ClH/c1-3-14-7-8-15-12(18)11-10-6-4-5-9-17(10)13(16-11)21(2,19)20;/h4-6,9,14H,3,7-8H2,1-2H3,(H,15,18);1H. The fourth-order valence-corrected chi connectivity index (χ4v) is 2.74. The number of rotatable bonds is 6. The molecule has 0 bridgehead atoms. The number of amides is 1. The molecule has 0 saturated heterocycles. The van der Waals surface area contributed by atoms with E-state index in [4.69, 9.17) is 0 Å². The number of hydrogen-bond acceptors (Lipinski definition) is 5. The molecule has 0 aliphatic carbocycles. The summed E-state index contributed by atoms with van der Waals surface area (Å²) in [7, 11) is -3.51. The Kier molecular flexibility index (Phi) is 6.34. The van der Waals surface area contributed by atoms with Crippen LogP contribution in [0.25, 0.3) is 5.52 Å². The number of likely N-dealkylation sites (N-methyl/N-ethyl adjacent to an activating group) is 1. The minimum atomic E-state index is -3.51. The predicted octanol–water partition coefficient (Wildman–Crippen LogP) is 0.499. The molecular formula is C13H19ClN4O3S. The Balaban J connectivity index is 0.00000242. The van der Waals surface area contributed by atoms with Gasteiger partial charge in [-0.15, -0.1) is 12.4 Å².